The number of aromatic nitrogens is 1. The maximum absolute atomic E-state index is 13.1. The standard InChI is InChI=1S/C15H17FN2O3/c1-8(15(20)21)9(2)18-14(19)5-10-7-17-13-6-11(16)3-4-12(10)13/h3-4,6-9,17H,5H2,1-2H3,(H,18,19)(H,20,21)/t8-,9-/m0/s1. The molecule has 0 fully saturated rings. The minimum Gasteiger partial charge on any atom is -0.481 e. The third kappa shape index (κ3) is 3.39. The fraction of sp³-hybridized carbons (Fsp3) is 0.333. The van der Waals surface area contributed by atoms with E-state index in [2.05, 4.69) is 10.3 Å². The summed E-state index contributed by atoms with van der Waals surface area (Å²) in [4.78, 5) is 25.7. The summed E-state index contributed by atoms with van der Waals surface area (Å²) in [5.41, 5.74) is 1.38. The van der Waals surface area contributed by atoms with E-state index >= 15 is 0 Å². The van der Waals surface area contributed by atoms with Crippen LogP contribution in [-0.2, 0) is 16.0 Å². The van der Waals surface area contributed by atoms with Gasteiger partial charge >= 0.3 is 5.97 Å². The fourth-order valence-electron chi connectivity index (χ4n) is 2.12. The number of nitrogens with one attached hydrogen (secondary N) is 2. The smallest absolute Gasteiger partial charge is 0.308 e. The Morgan fingerprint density at radius 3 is 2.76 bits per heavy atom. The molecule has 0 unspecified atom stereocenters. The van der Waals surface area contributed by atoms with Crippen molar-refractivity contribution in [1.82, 2.24) is 10.3 Å². The number of carbonyl (C=O) groups excluding carboxylic acids is 1. The number of aromatic amines is 1. The molecule has 112 valence electrons. The summed E-state index contributed by atoms with van der Waals surface area (Å²) < 4.78 is 13.1. The fourth-order valence-corrected chi connectivity index (χ4v) is 2.12. The van der Waals surface area contributed by atoms with Crippen molar-refractivity contribution in [3.63, 3.8) is 0 Å². The molecular formula is C15H17FN2O3. The first kappa shape index (κ1) is 15.0. The SMILES string of the molecule is C[C@H](NC(=O)Cc1c[nH]c2cc(F)ccc12)[C@H](C)C(=O)O. The third-order valence-electron chi connectivity index (χ3n) is 3.61. The lowest BCUT2D eigenvalue weighted by molar-refractivity contribution is -0.142. The number of carbonyl (C=O) groups is 2. The van der Waals surface area contributed by atoms with E-state index in [0.717, 1.165) is 10.9 Å². The van der Waals surface area contributed by atoms with Crippen LogP contribution in [0.1, 0.15) is 19.4 Å². The maximum atomic E-state index is 13.1. The molecule has 0 saturated heterocycles. The molecule has 3 N–H and O–H groups in total. The van der Waals surface area contributed by atoms with Gasteiger partial charge in [-0.15, -0.1) is 0 Å². The first-order valence-electron chi connectivity index (χ1n) is 6.66. The number of fused-ring (bicyclic) bond motifs is 1. The van der Waals surface area contributed by atoms with Crippen LogP contribution in [0.3, 0.4) is 0 Å². The lowest BCUT2D eigenvalue weighted by atomic mass is 10.0. The molecule has 1 aromatic carbocycles. The van der Waals surface area contributed by atoms with Gasteiger partial charge in [0.25, 0.3) is 0 Å². The lowest BCUT2D eigenvalue weighted by Crippen LogP contribution is -2.40. The Morgan fingerprint density at radius 1 is 1.38 bits per heavy atom. The summed E-state index contributed by atoms with van der Waals surface area (Å²) in [6.45, 7) is 3.20. The number of rotatable bonds is 5. The summed E-state index contributed by atoms with van der Waals surface area (Å²) in [6, 6.07) is 3.86. The predicted octanol–water partition coefficient (Wildman–Crippen LogP) is 2.07. The van der Waals surface area contributed by atoms with Gasteiger partial charge in [0.05, 0.1) is 12.3 Å². The number of H-pyrrole nitrogens is 1. The number of amides is 1. The normalized spacial score (nSPS) is 13.9. The molecule has 0 spiro atoms. The van der Waals surface area contributed by atoms with Crippen molar-refractivity contribution in [3.8, 4) is 0 Å². The number of benzene rings is 1. The highest BCUT2D eigenvalue weighted by Gasteiger charge is 2.21. The summed E-state index contributed by atoms with van der Waals surface area (Å²) in [5, 5.41) is 12.3. The number of carboxylic acids is 1. The molecule has 6 heteroatoms. The molecule has 0 aliphatic carbocycles. The largest absolute Gasteiger partial charge is 0.481 e. The average molecular weight is 292 g/mol. The highest BCUT2D eigenvalue weighted by Crippen LogP contribution is 2.19. The number of hydrogen-bond acceptors (Lipinski definition) is 2. The van der Waals surface area contributed by atoms with Crippen LogP contribution < -0.4 is 5.32 Å². The van der Waals surface area contributed by atoms with E-state index in [0.29, 0.717) is 5.52 Å². The van der Waals surface area contributed by atoms with E-state index in [1.165, 1.54) is 12.1 Å². The summed E-state index contributed by atoms with van der Waals surface area (Å²) >= 11 is 0. The monoisotopic (exact) mass is 292 g/mol. The molecule has 0 bridgehead atoms. The molecule has 1 amide bonds. The van der Waals surface area contributed by atoms with Crippen LogP contribution in [0.5, 0.6) is 0 Å². The Kier molecular flexibility index (Phi) is 4.26. The second-order valence-corrected chi connectivity index (χ2v) is 5.16. The van der Waals surface area contributed by atoms with Gasteiger partial charge in [-0.25, -0.2) is 4.39 Å². The van der Waals surface area contributed by atoms with Gasteiger partial charge in [-0.3, -0.25) is 9.59 Å². The molecule has 5 nitrogen and oxygen atoms in total. The Balaban J connectivity index is 2.06. The maximum Gasteiger partial charge on any atom is 0.308 e. The molecule has 1 heterocycles. The molecule has 0 aliphatic heterocycles. The van der Waals surface area contributed by atoms with Crippen molar-refractivity contribution >= 4 is 22.8 Å². The van der Waals surface area contributed by atoms with Crippen molar-refractivity contribution in [2.75, 3.05) is 0 Å². The first-order chi connectivity index (χ1) is 9.88. The Labute approximate surface area is 121 Å². The first-order valence-corrected chi connectivity index (χ1v) is 6.66. The van der Waals surface area contributed by atoms with Gasteiger partial charge in [-0.1, -0.05) is 0 Å². The molecule has 2 aromatic rings. The van der Waals surface area contributed by atoms with Gasteiger partial charge in [-0.2, -0.15) is 0 Å². The van der Waals surface area contributed by atoms with Crippen molar-refractivity contribution < 1.29 is 19.1 Å². The number of halogens is 1. The zero-order chi connectivity index (χ0) is 15.6. The molecule has 0 aliphatic rings. The summed E-state index contributed by atoms with van der Waals surface area (Å²) in [6.07, 6.45) is 1.78. The van der Waals surface area contributed by atoms with E-state index in [1.54, 1.807) is 26.1 Å². The molecule has 0 radical (unpaired) electrons. The van der Waals surface area contributed by atoms with Crippen molar-refractivity contribution in [2.24, 2.45) is 5.92 Å². The van der Waals surface area contributed by atoms with Crippen LogP contribution in [0.15, 0.2) is 24.4 Å². The van der Waals surface area contributed by atoms with Crippen molar-refractivity contribution in [1.29, 1.82) is 0 Å². The van der Waals surface area contributed by atoms with Crippen LogP contribution in [0.4, 0.5) is 4.39 Å². The van der Waals surface area contributed by atoms with Crippen LogP contribution in [0.25, 0.3) is 10.9 Å². The lowest BCUT2D eigenvalue weighted by Gasteiger charge is -2.17. The Morgan fingerprint density at radius 2 is 2.10 bits per heavy atom. The molecule has 2 rings (SSSR count). The van der Waals surface area contributed by atoms with Crippen LogP contribution in [-0.4, -0.2) is 28.0 Å². The Hall–Kier alpha value is -2.37. The number of hydrogen-bond donors (Lipinski definition) is 3. The number of carboxylic acid groups (broad SMARTS) is 1. The molecule has 1 aromatic heterocycles. The van der Waals surface area contributed by atoms with Gasteiger partial charge in [0, 0.05) is 23.1 Å². The quantitative estimate of drug-likeness (QED) is 0.789. The van der Waals surface area contributed by atoms with Crippen molar-refractivity contribution in [3.05, 3.63) is 35.8 Å². The predicted molar refractivity (Wildman–Crippen MR) is 76.4 cm³/mol. The Bertz CT molecular complexity index is 681. The minimum atomic E-state index is -0.953. The van der Waals surface area contributed by atoms with Gasteiger partial charge in [0.1, 0.15) is 5.82 Å². The second-order valence-electron chi connectivity index (χ2n) is 5.16. The molecule has 21 heavy (non-hydrogen) atoms. The van der Waals surface area contributed by atoms with E-state index in [-0.39, 0.29) is 18.1 Å². The third-order valence-corrected chi connectivity index (χ3v) is 3.61. The van der Waals surface area contributed by atoms with Crippen LogP contribution in [0, 0.1) is 11.7 Å². The molecule has 2 atom stereocenters. The number of aliphatic carboxylic acids is 1. The van der Waals surface area contributed by atoms with E-state index in [9.17, 15) is 14.0 Å². The van der Waals surface area contributed by atoms with Gasteiger partial charge in [-0.05, 0) is 37.6 Å². The van der Waals surface area contributed by atoms with Gasteiger partial charge in [0.15, 0.2) is 0 Å². The molecular weight excluding hydrogens is 275 g/mol. The van der Waals surface area contributed by atoms with E-state index in [4.69, 9.17) is 5.11 Å². The zero-order valence-electron chi connectivity index (χ0n) is 11.8. The highest BCUT2D eigenvalue weighted by molar-refractivity contribution is 5.89. The summed E-state index contributed by atoms with van der Waals surface area (Å²) in [5.74, 6) is -2.22. The van der Waals surface area contributed by atoms with Crippen molar-refractivity contribution in [2.45, 2.75) is 26.3 Å². The van der Waals surface area contributed by atoms with E-state index in [1.807, 2.05) is 0 Å². The zero-order valence-corrected chi connectivity index (χ0v) is 11.8. The summed E-state index contributed by atoms with van der Waals surface area (Å²) in [7, 11) is 0. The van der Waals surface area contributed by atoms with Gasteiger partial charge < -0.3 is 15.4 Å². The molecule has 0 saturated carbocycles. The minimum absolute atomic E-state index is 0.113. The second kappa shape index (κ2) is 5.95. The average Bonchev–Trinajstić information content (AvgIpc) is 2.79. The topological polar surface area (TPSA) is 82.2 Å². The van der Waals surface area contributed by atoms with Crippen LogP contribution >= 0.6 is 0 Å². The highest BCUT2D eigenvalue weighted by atomic mass is 19.1. The van der Waals surface area contributed by atoms with Crippen LogP contribution in [0.2, 0.25) is 0 Å². The van der Waals surface area contributed by atoms with Gasteiger partial charge in [0.2, 0.25) is 5.91 Å². The van der Waals surface area contributed by atoms with E-state index < -0.39 is 17.9 Å².